The minimum absolute atomic E-state index is 0.548. The zero-order valence-corrected chi connectivity index (χ0v) is 10.8. The molecule has 3 heteroatoms. The summed E-state index contributed by atoms with van der Waals surface area (Å²) in [6.07, 6.45) is 8.42. The maximum Gasteiger partial charge on any atom is 0.314 e. The summed E-state index contributed by atoms with van der Waals surface area (Å²) >= 11 is 0. The topological polar surface area (TPSA) is 53.1 Å². The van der Waals surface area contributed by atoms with Crippen LogP contribution in [0.1, 0.15) is 28.2 Å². The van der Waals surface area contributed by atoms with E-state index in [1.807, 2.05) is 24.3 Å². The first-order chi connectivity index (χ1) is 9.74. The van der Waals surface area contributed by atoms with E-state index in [2.05, 4.69) is 23.2 Å². The Morgan fingerprint density at radius 3 is 2.95 bits per heavy atom. The Balaban J connectivity index is 2.00. The molecule has 1 atom stereocenters. The van der Waals surface area contributed by atoms with Crippen molar-refractivity contribution in [2.24, 2.45) is 0 Å². The number of hydrogen-bond donors (Lipinski definition) is 2. The van der Waals surface area contributed by atoms with Gasteiger partial charge in [0.25, 0.3) is 0 Å². The van der Waals surface area contributed by atoms with Crippen LogP contribution < -0.4 is 10.7 Å². The Hall–Kier alpha value is -2.55. The van der Waals surface area contributed by atoms with Crippen molar-refractivity contribution in [3.63, 3.8) is 0 Å². The number of carbonyl (C=O) groups is 1. The molecule has 0 amide bonds. The maximum atomic E-state index is 11.5. The number of fused-ring (bicyclic) bond motifs is 4. The van der Waals surface area contributed by atoms with Crippen LogP contribution in [0.15, 0.2) is 36.4 Å². The van der Waals surface area contributed by atoms with Crippen LogP contribution >= 0.6 is 0 Å². The van der Waals surface area contributed by atoms with E-state index in [1.54, 1.807) is 6.08 Å². The SMILES string of the molecule is O=C(O)C1C=CC=c2[nH]c3c(c21)Cc1ccccc1C=3. The molecule has 1 heterocycles. The highest BCUT2D eigenvalue weighted by Gasteiger charge is 2.26. The smallest absolute Gasteiger partial charge is 0.314 e. The molecule has 2 N–H and O–H groups in total. The van der Waals surface area contributed by atoms with Gasteiger partial charge in [0.05, 0.1) is 0 Å². The van der Waals surface area contributed by atoms with Crippen LogP contribution in [0.25, 0.3) is 12.2 Å². The van der Waals surface area contributed by atoms with E-state index >= 15 is 0 Å². The fraction of sp³-hybridized carbons (Fsp3) is 0.118. The van der Waals surface area contributed by atoms with Gasteiger partial charge in [0.15, 0.2) is 0 Å². The molecule has 2 aliphatic carbocycles. The van der Waals surface area contributed by atoms with Gasteiger partial charge in [-0.25, -0.2) is 0 Å². The van der Waals surface area contributed by atoms with Gasteiger partial charge in [0.2, 0.25) is 0 Å². The van der Waals surface area contributed by atoms with Crippen LogP contribution in [-0.2, 0) is 11.2 Å². The summed E-state index contributed by atoms with van der Waals surface area (Å²) in [6, 6.07) is 8.25. The molecule has 0 aliphatic heterocycles. The van der Waals surface area contributed by atoms with E-state index in [1.165, 1.54) is 11.1 Å². The number of carboxylic acids is 1. The molecule has 2 aromatic rings. The summed E-state index contributed by atoms with van der Waals surface area (Å²) in [5.41, 5.74) is 4.49. The van der Waals surface area contributed by atoms with Crippen molar-refractivity contribution in [1.82, 2.24) is 4.98 Å². The van der Waals surface area contributed by atoms with Gasteiger partial charge in [-0.2, -0.15) is 0 Å². The second kappa shape index (κ2) is 3.97. The Kier molecular flexibility index (Phi) is 2.24. The molecule has 4 rings (SSSR count). The molecule has 1 aromatic heterocycles. The Labute approximate surface area is 115 Å². The van der Waals surface area contributed by atoms with Crippen molar-refractivity contribution in [3.8, 4) is 0 Å². The van der Waals surface area contributed by atoms with Crippen molar-refractivity contribution in [3.05, 3.63) is 69.4 Å². The second-order valence-electron chi connectivity index (χ2n) is 5.23. The predicted molar refractivity (Wildman–Crippen MR) is 76.8 cm³/mol. The lowest BCUT2D eigenvalue weighted by molar-refractivity contribution is -0.137. The van der Waals surface area contributed by atoms with E-state index in [9.17, 15) is 9.90 Å². The molecular weight excluding hydrogens is 250 g/mol. The summed E-state index contributed by atoms with van der Waals surface area (Å²) in [5, 5.41) is 11.4. The Morgan fingerprint density at radius 2 is 2.10 bits per heavy atom. The number of benzene rings is 1. The molecular formula is C17H13NO2. The Bertz CT molecular complexity index is 871. The summed E-state index contributed by atoms with van der Waals surface area (Å²) in [6.45, 7) is 0. The van der Waals surface area contributed by atoms with Gasteiger partial charge >= 0.3 is 5.97 Å². The van der Waals surface area contributed by atoms with Crippen LogP contribution in [0.3, 0.4) is 0 Å². The summed E-state index contributed by atoms with van der Waals surface area (Å²) < 4.78 is 0. The molecule has 1 unspecified atom stereocenters. The number of carboxylic acid groups (broad SMARTS) is 1. The van der Waals surface area contributed by atoms with Gasteiger partial charge in [0, 0.05) is 17.1 Å². The minimum atomic E-state index is -0.795. The highest BCUT2D eigenvalue weighted by Crippen LogP contribution is 2.25. The highest BCUT2D eigenvalue weighted by atomic mass is 16.4. The fourth-order valence-corrected chi connectivity index (χ4v) is 3.14. The zero-order valence-electron chi connectivity index (χ0n) is 10.8. The monoisotopic (exact) mass is 263 g/mol. The van der Waals surface area contributed by atoms with Gasteiger partial charge in [-0.1, -0.05) is 36.4 Å². The van der Waals surface area contributed by atoms with Gasteiger partial charge in [-0.05, 0) is 34.4 Å². The maximum absolute atomic E-state index is 11.5. The van der Waals surface area contributed by atoms with Crippen LogP contribution in [0.4, 0.5) is 0 Å². The first-order valence-electron chi connectivity index (χ1n) is 6.66. The number of aromatic nitrogens is 1. The van der Waals surface area contributed by atoms with Crippen molar-refractivity contribution in [2.45, 2.75) is 12.3 Å². The van der Waals surface area contributed by atoms with Crippen molar-refractivity contribution in [2.75, 3.05) is 0 Å². The number of H-pyrrole nitrogens is 1. The third-order valence-electron chi connectivity index (χ3n) is 4.08. The lowest BCUT2D eigenvalue weighted by atomic mass is 9.87. The average molecular weight is 263 g/mol. The van der Waals surface area contributed by atoms with Crippen LogP contribution in [-0.4, -0.2) is 16.1 Å². The molecule has 20 heavy (non-hydrogen) atoms. The molecule has 0 saturated heterocycles. The summed E-state index contributed by atoms with van der Waals surface area (Å²) in [7, 11) is 0. The normalized spacial score (nSPS) is 18.3. The Morgan fingerprint density at radius 1 is 1.25 bits per heavy atom. The largest absolute Gasteiger partial charge is 0.481 e. The van der Waals surface area contributed by atoms with E-state index in [4.69, 9.17) is 0 Å². The number of allylic oxidation sites excluding steroid dienone is 1. The number of nitrogens with one attached hydrogen (secondary N) is 1. The van der Waals surface area contributed by atoms with Crippen LogP contribution in [0, 0.1) is 0 Å². The van der Waals surface area contributed by atoms with Gasteiger partial charge in [-0.15, -0.1) is 0 Å². The quantitative estimate of drug-likeness (QED) is 0.694. The highest BCUT2D eigenvalue weighted by molar-refractivity contribution is 5.81. The summed E-state index contributed by atoms with van der Waals surface area (Å²) in [4.78, 5) is 14.8. The van der Waals surface area contributed by atoms with Crippen molar-refractivity contribution >= 4 is 18.1 Å². The molecule has 0 saturated carbocycles. The van der Waals surface area contributed by atoms with Crippen LogP contribution in [0.2, 0.25) is 0 Å². The molecule has 1 aromatic carbocycles. The third-order valence-corrected chi connectivity index (χ3v) is 4.08. The van der Waals surface area contributed by atoms with Crippen molar-refractivity contribution < 1.29 is 9.90 Å². The molecule has 2 aliphatic rings. The lowest BCUT2D eigenvalue weighted by Gasteiger charge is -2.15. The molecule has 3 nitrogen and oxygen atoms in total. The first-order valence-corrected chi connectivity index (χ1v) is 6.66. The number of rotatable bonds is 1. The predicted octanol–water partition coefficient (Wildman–Crippen LogP) is 1.27. The molecule has 0 fully saturated rings. The van der Waals surface area contributed by atoms with Crippen molar-refractivity contribution in [1.29, 1.82) is 0 Å². The van der Waals surface area contributed by atoms with E-state index in [0.717, 1.165) is 28.2 Å². The van der Waals surface area contributed by atoms with Gasteiger partial charge in [-0.3, -0.25) is 4.79 Å². The van der Waals surface area contributed by atoms with E-state index in [0.29, 0.717) is 0 Å². The van der Waals surface area contributed by atoms with Crippen LogP contribution in [0.5, 0.6) is 0 Å². The molecule has 0 spiro atoms. The molecule has 98 valence electrons. The zero-order chi connectivity index (χ0) is 13.7. The fourth-order valence-electron chi connectivity index (χ4n) is 3.14. The number of hydrogen-bond acceptors (Lipinski definition) is 1. The first kappa shape index (κ1) is 11.3. The van der Waals surface area contributed by atoms with Gasteiger partial charge < -0.3 is 10.1 Å². The van der Waals surface area contributed by atoms with E-state index < -0.39 is 11.9 Å². The number of aromatic amines is 1. The third kappa shape index (κ3) is 1.50. The molecule has 0 radical (unpaired) electrons. The standard InChI is InChI=1S/C17H13NO2/c19-17(20)12-6-3-7-14-16(12)13-8-10-4-1-2-5-11(10)9-15(13)18-14/h1-7,9,12,18H,8H2,(H,19,20). The van der Waals surface area contributed by atoms with E-state index in [-0.39, 0.29) is 0 Å². The minimum Gasteiger partial charge on any atom is -0.481 e. The average Bonchev–Trinajstić information content (AvgIpc) is 2.82. The molecule has 0 bridgehead atoms. The summed E-state index contributed by atoms with van der Waals surface area (Å²) in [5.74, 6) is -1.34. The number of aliphatic carboxylic acids is 1. The van der Waals surface area contributed by atoms with Gasteiger partial charge in [0.1, 0.15) is 5.92 Å². The second-order valence-corrected chi connectivity index (χ2v) is 5.23. The lowest BCUT2D eigenvalue weighted by Crippen LogP contribution is -2.21.